The van der Waals surface area contributed by atoms with Gasteiger partial charge in [-0.15, -0.1) is 0 Å². The van der Waals surface area contributed by atoms with Crippen LogP contribution >= 0.6 is 0 Å². The summed E-state index contributed by atoms with van der Waals surface area (Å²) in [5.41, 5.74) is -0.466. The van der Waals surface area contributed by atoms with Gasteiger partial charge in [-0.3, -0.25) is 10.1 Å². The van der Waals surface area contributed by atoms with Crippen LogP contribution in [0.3, 0.4) is 0 Å². The Morgan fingerprint density at radius 2 is 2.00 bits per heavy atom. The highest BCUT2D eigenvalue weighted by Crippen LogP contribution is 2.31. The first-order valence-corrected chi connectivity index (χ1v) is 5.70. The van der Waals surface area contributed by atoms with E-state index in [0.29, 0.717) is 12.5 Å². The van der Waals surface area contributed by atoms with Gasteiger partial charge in [-0.1, -0.05) is 0 Å². The fourth-order valence-electron chi connectivity index (χ4n) is 1.35. The molecule has 1 heterocycles. The average Bonchev–Trinajstić information content (AvgIpc) is 2.13. The molecule has 0 amide bonds. The van der Waals surface area contributed by atoms with Crippen molar-refractivity contribution in [2.75, 3.05) is 11.9 Å². The predicted octanol–water partition coefficient (Wildman–Crippen LogP) is 2.30. The monoisotopic (exact) mass is 254 g/mol. The molecule has 1 N–H and O–H groups in total. The second-order valence-electron chi connectivity index (χ2n) is 4.79. The third-order valence-corrected chi connectivity index (χ3v) is 1.95. The van der Waals surface area contributed by atoms with Gasteiger partial charge >= 0.3 is 5.69 Å². The van der Waals surface area contributed by atoms with Crippen LogP contribution in [0.4, 0.5) is 11.6 Å². The molecule has 0 aliphatic carbocycles. The summed E-state index contributed by atoms with van der Waals surface area (Å²) in [5.74, 6) is 0.329. The summed E-state index contributed by atoms with van der Waals surface area (Å²) in [4.78, 5) is 18.6. The Morgan fingerprint density at radius 1 is 1.39 bits per heavy atom. The Balaban J connectivity index is 3.28. The predicted molar refractivity (Wildman–Crippen MR) is 68.0 cm³/mol. The third-order valence-electron chi connectivity index (χ3n) is 1.95. The largest absolute Gasteiger partial charge is 0.467 e. The van der Waals surface area contributed by atoms with Crippen molar-refractivity contribution in [3.8, 4) is 5.88 Å². The maximum atomic E-state index is 11.0. The molecule has 1 aromatic rings. The summed E-state index contributed by atoms with van der Waals surface area (Å²) >= 11 is 0. The van der Waals surface area contributed by atoms with Crippen molar-refractivity contribution in [1.82, 2.24) is 9.97 Å². The lowest BCUT2D eigenvalue weighted by Gasteiger charge is -2.20. The molecule has 0 radical (unpaired) electrons. The highest BCUT2D eigenvalue weighted by molar-refractivity contribution is 5.49. The number of rotatable bonds is 4. The number of nitro groups is 1. The highest BCUT2D eigenvalue weighted by atomic mass is 16.6. The lowest BCUT2D eigenvalue weighted by Crippen LogP contribution is -2.24. The lowest BCUT2D eigenvalue weighted by atomic mass is 10.2. The first-order valence-electron chi connectivity index (χ1n) is 5.70. The van der Waals surface area contributed by atoms with E-state index in [0.717, 1.165) is 0 Å². The first-order chi connectivity index (χ1) is 8.24. The van der Waals surface area contributed by atoms with E-state index in [4.69, 9.17) is 4.74 Å². The minimum Gasteiger partial charge on any atom is -0.467 e. The molecule has 7 heteroatoms. The van der Waals surface area contributed by atoms with Crippen LogP contribution in [-0.2, 0) is 0 Å². The van der Waals surface area contributed by atoms with E-state index < -0.39 is 10.5 Å². The van der Waals surface area contributed by atoms with Gasteiger partial charge in [0.15, 0.2) is 0 Å². The molecule has 100 valence electrons. The Morgan fingerprint density at radius 3 is 2.44 bits per heavy atom. The molecule has 0 bridgehead atoms. The van der Waals surface area contributed by atoms with Gasteiger partial charge in [0.2, 0.25) is 5.95 Å². The van der Waals surface area contributed by atoms with E-state index in [1.807, 2.05) is 6.92 Å². The molecule has 0 saturated carbocycles. The molecule has 0 aliphatic rings. The second-order valence-corrected chi connectivity index (χ2v) is 4.79. The first kappa shape index (κ1) is 14.1. The summed E-state index contributed by atoms with van der Waals surface area (Å²) in [6.07, 6.45) is 0. The standard InChI is InChI=1S/C11H18N4O3/c1-6-12-10-13-7(2)8(15(16)17)9(14-10)18-11(3,4)5/h6H2,1-5H3,(H,12,13,14). The number of aromatic nitrogens is 2. The highest BCUT2D eigenvalue weighted by Gasteiger charge is 2.27. The number of anilines is 1. The van der Waals surface area contributed by atoms with Gasteiger partial charge in [-0.25, -0.2) is 4.98 Å². The zero-order chi connectivity index (χ0) is 13.9. The van der Waals surface area contributed by atoms with Gasteiger partial charge in [0.25, 0.3) is 5.88 Å². The van der Waals surface area contributed by atoms with Crippen molar-refractivity contribution in [3.63, 3.8) is 0 Å². The number of ether oxygens (including phenoxy) is 1. The van der Waals surface area contributed by atoms with E-state index in [-0.39, 0.29) is 17.3 Å². The molecule has 0 saturated heterocycles. The van der Waals surface area contributed by atoms with Crippen LogP contribution in [0.1, 0.15) is 33.4 Å². The number of nitrogens with one attached hydrogen (secondary N) is 1. The molecule has 7 nitrogen and oxygen atoms in total. The molecular formula is C11H18N4O3. The molecule has 1 rings (SSSR count). The third kappa shape index (κ3) is 3.54. The fraction of sp³-hybridized carbons (Fsp3) is 0.636. The van der Waals surface area contributed by atoms with Gasteiger partial charge in [-0.05, 0) is 34.6 Å². The van der Waals surface area contributed by atoms with Gasteiger partial charge in [0, 0.05) is 6.54 Å². The van der Waals surface area contributed by atoms with E-state index >= 15 is 0 Å². The van der Waals surface area contributed by atoms with Gasteiger partial charge in [-0.2, -0.15) is 4.98 Å². The van der Waals surface area contributed by atoms with Gasteiger partial charge < -0.3 is 10.1 Å². The van der Waals surface area contributed by atoms with Crippen molar-refractivity contribution in [3.05, 3.63) is 15.8 Å². The number of hydrogen-bond acceptors (Lipinski definition) is 6. The number of hydrogen-bond donors (Lipinski definition) is 1. The molecule has 0 aliphatic heterocycles. The number of nitrogens with zero attached hydrogens (tertiary/aromatic N) is 3. The van der Waals surface area contributed by atoms with Gasteiger partial charge in [0.1, 0.15) is 11.3 Å². The van der Waals surface area contributed by atoms with Crippen LogP contribution in [0.2, 0.25) is 0 Å². The van der Waals surface area contributed by atoms with Crippen LogP contribution in [-0.4, -0.2) is 27.0 Å². The Bertz CT molecular complexity index is 454. The van der Waals surface area contributed by atoms with Crippen molar-refractivity contribution in [2.24, 2.45) is 0 Å². The second kappa shape index (κ2) is 5.16. The molecule has 0 atom stereocenters. The summed E-state index contributed by atoms with van der Waals surface area (Å²) in [7, 11) is 0. The maximum Gasteiger partial charge on any atom is 0.352 e. The zero-order valence-corrected chi connectivity index (χ0v) is 11.3. The fourth-order valence-corrected chi connectivity index (χ4v) is 1.35. The quantitative estimate of drug-likeness (QED) is 0.655. The normalized spacial score (nSPS) is 11.2. The van der Waals surface area contributed by atoms with Crippen molar-refractivity contribution >= 4 is 11.6 Å². The van der Waals surface area contributed by atoms with E-state index in [2.05, 4.69) is 15.3 Å². The summed E-state index contributed by atoms with van der Waals surface area (Å²) in [6.45, 7) is 9.51. The van der Waals surface area contributed by atoms with Crippen molar-refractivity contribution in [1.29, 1.82) is 0 Å². The molecular weight excluding hydrogens is 236 g/mol. The SMILES string of the molecule is CCNc1nc(C)c([N+](=O)[O-])c(OC(C)(C)C)n1. The van der Waals surface area contributed by atoms with E-state index in [9.17, 15) is 10.1 Å². The minimum atomic E-state index is -0.560. The molecule has 1 aromatic heterocycles. The summed E-state index contributed by atoms with van der Waals surface area (Å²) in [6, 6.07) is 0. The maximum absolute atomic E-state index is 11.0. The number of aryl methyl sites for hydroxylation is 1. The van der Waals surface area contributed by atoms with Crippen molar-refractivity contribution in [2.45, 2.75) is 40.2 Å². The van der Waals surface area contributed by atoms with Gasteiger partial charge in [0.05, 0.1) is 4.92 Å². The molecule has 0 fully saturated rings. The molecule has 0 spiro atoms. The molecule has 18 heavy (non-hydrogen) atoms. The molecule has 0 unspecified atom stereocenters. The van der Waals surface area contributed by atoms with Crippen LogP contribution in [0.25, 0.3) is 0 Å². The topological polar surface area (TPSA) is 90.2 Å². The molecule has 0 aromatic carbocycles. The van der Waals surface area contributed by atoms with E-state index in [1.54, 1.807) is 27.7 Å². The average molecular weight is 254 g/mol. The van der Waals surface area contributed by atoms with Crippen LogP contribution in [0.5, 0.6) is 5.88 Å². The zero-order valence-electron chi connectivity index (χ0n) is 11.3. The Labute approximate surface area is 106 Å². The van der Waals surface area contributed by atoms with Crippen LogP contribution in [0.15, 0.2) is 0 Å². The van der Waals surface area contributed by atoms with Crippen LogP contribution in [0, 0.1) is 17.0 Å². The van der Waals surface area contributed by atoms with Crippen LogP contribution < -0.4 is 10.1 Å². The summed E-state index contributed by atoms with van der Waals surface area (Å²) < 4.78 is 5.53. The minimum absolute atomic E-state index is 0.00375. The van der Waals surface area contributed by atoms with Crippen molar-refractivity contribution < 1.29 is 9.66 Å². The smallest absolute Gasteiger partial charge is 0.352 e. The summed E-state index contributed by atoms with van der Waals surface area (Å²) in [5, 5.41) is 13.9. The Kier molecular flexibility index (Phi) is 4.05. The lowest BCUT2D eigenvalue weighted by molar-refractivity contribution is -0.387. The Hall–Kier alpha value is -1.92. The van der Waals surface area contributed by atoms with E-state index in [1.165, 1.54) is 0 Å².